The van der Waals surface area contributed by atoms with E-state index in [0.29, 0.717) is 6.42 Å². The van der Waals surface area contributed by atoms with Crippen LogP contribution >= 0.6 is 0 Å². The van der Waals surface area contributed by atoms with E-state index in [-0.39, 0.29) is 6.61 Å². The third-order valence-corrected chi connectivity index (χ3v) is 2.60. The maximum atomic E-state index is 8.87. The zero-order valence-corrected chi connectivity index (χ0v) is 9.30. The molecular weight excluding hydrogens is 202 g/mol. The van der Waals surface area contributed by atoms with Gasteiger partial charge in [0.2, 0.25) is 0 Å². The number of aliphatic hydroxyl groups is 1. The van der Waals surface area contributed by atoms with Gasteiger partial charge in [0.1, 0.15) is 0 Å². The van der Waals surface area contributed by atoms with Gasteiger partial charge in [-0.15, -0.1) is 5.10 Å². The van der Waals surface area contributed by atoms with Crippen LogP contribution in [0.25, 0.3) is 0 Å². The van der Waals surface area contributed by atoms with Crippen LogP contribution in [0.5, 0.6) is 0 Å². The Kier molecular flexibility index (Phi) is 3.31. The molecule has 2 aromatic rings. The van der Waals surface area contributed by atoms with E-state index in [4.69, 9.17) is 5.11 Å². The number of rotatable bonds is 4. The van der Waals surface area contributed by atoms with Crippen molar-refractivity contribution in [3.8, 4) is 0 Å². The molecule has 0 aliphatic carbocycles. The summed E-state index contributed by atoms with van der Waals surface area (Å²) in [6, 6.07) is 10.1. The lowest BCUT2D eigenvalue weighted by Crippen LogP contribution is -2.04. The summed E-state index contributed by atoms with van der Waals surface area (Å²) in [5, 5.41) is 17.0. The third kappa shape index (κ3) is 2.28. The maximum Gasteiger partial charge on any atom is 0.0879 e. The number of nitrogens with zero attached hydrogens (tertiary/aromatic N) is 3. The van der Waals surface area contributed by atoms with Crippen LogP contribution < -0.4 is 0 Å². The summed E-state index contributed by atoms with van der Waals surface area (Å²) < 4.78 is 1.86. The Morgan fingerprint density at radius 3 is 2.69 bits per heavy atom. The second-order valence-corrected chi connectivity index (χ2v) is 3.74. The van der Waals surface area contributed by atoms with Crippen LogP contribution in [-0.4, -0.2) is 26.7 Å². The van der Waals surface area contributed by atoms with Crippen molar-refractivity contribution >= 4 is 0 Å². The molecule has 4 heteroatoms. The van der Waals surface area contributed by atoms with Crippen LogP contribution in [0.1, 0.15) is 17.0 Å². The Morgan fingerprint density at radius 2 is 2.00 bits per heavy atom. The molecule has 0 unspecified atom stereocenters. The highest BCUT2D eigenvalue weighted by Crippen LogP contribution is 2.07. The molecule has 2 rings (SSSR count). The van der Waals surface area contributed by atoms with Crippen molar-refractivity contribution in [2.75, 3.05) is 6.61 Å². The zero-order valence-electron chi connectivity index (χ0n) is 9.30. The normalized spacial score (nSPS) is 10.6. The Bertz CT molecular complexity index is 451. The molecule has 0 spiro atoms. The van der Waals surface area contributed by atoms with Gasteiger partial charge in [-0.25, -0.2) is 4.68 Å². The van der Waals surface area contributed by atoms with Gasteiger partial charge in [-0.2, -0.15) is 0 Å². The average molecular weight is 217 g/mol. The topological polar surface area (TPSA) is 50.9 Å². The van der Waals surface area contributed by atoms with E-state index >= 15 is 0 Å². The van der Waals surface area contributed by atoms with Crippen LogP contribution in [0.4, 0.5) is 0 Å². The van der Waals surface area contributed by atoms with Gasteiger partial charge in [0.15, 0.2) is 0 Å². The van der Waals surface area contributed by atoms with Gasteiger partial charge in [0, 0.05) is 13.0 Å². The molecule has 1 aromatic heterocycles. The molecule has 1 N–H and O–H groups in total. The fraction of sp³-hybridized carbons (Fsp3) is 0.333. The quantitative estimate of drug-likeness (QED) is 0.836. The molecule has 0 radical (unpaired) electrons. The second-order valence-electron chi connectivity index (χ2n) is 3.74. The number of aromatic nitrogens is 3. The fourth-order valence-electron chi connectivity index (χ4n) is 1.64. The summed E-state index contributed by atoms with van der Waals surface area (Å²) in [5.74, 6) is 0. The predicted molar refractivity (Wildman–Crippen MR) is 61.1 cm³/mol. The number of aliphatic hydroxyl groups excluding tert-OH is 1. The number of hydrogen-bond acceptors (Lipinski definition) is 3. The molecule has 4 nitrogen and oxygen atoms in total. The summed E-state index contributed by atoms with van der Waals surface area (Å²) in [4.78, 5) is 0. The average Bonchev–Trinajstić information content (AvgIpc) is 2.64. The number of benzene rings is 1. The van der Waals surface area contributed by atoms with Gasteiger partial charge < -0.3 is 5.11 Å². The van der Waals surface area contributed by atoms with E-state index in [9.17, 15) is 0 Å². The summed E-state index contributed by atoms with van der Waals surface area (Å²) in [5.41, 5.74) is 3.10. The first-order chi connectivity index (χ1) is 7.81. The van der Waals surface area contributed by atoms with Gasteiger partial charge in [0.25, 0.3) is 0 Å². The molecule has 0 fully saturated rings. The maximum absolute atomic E-state index is 8.87. The smallest absolute Gasteiger partial charge is 0.0879 e. The lowest BCUT2D eigenvalue weighted by Gasteiger charge is -2.03. The predicted octanol–water partition coefficient (Wildman–Crippen LogP) is 1.17. The molecule has 0 amide bonds. The van der Waals surface area contributed by atoms with Crippen LogP contribution in [0.15, 0.2) is 30.3 Å². The van der Waals surface area contributed by atoms with Crippen molar-refractivity contribution in [3.05, 3.63) is 47.3 Å². The molecule has 1 heterocycles. The van der Waals surface area contributed by atoms with Crippen LogP contribution in [0.3, 0.4) is 0 Å². The summed E-state index contributed by atoms with van der Waals surface area (Å²) in [6.07, 6.45) is 0.570. The molecule has 16 heavy (non-hydrogen) atoms. The van der Waals surface area contributed by atoms with Crippen LogP contribution in [0.2, 0.25) is 0 Å². The van der Waals surface area contributed by atoms with Crippen molar-refractivity contribution < 1.29 is 5.11 Å². The Labute approximate surface area is 94.5 Å². The summed E-state index contributed by atoms with van der Waals surface area (Å²) >= 11 is 0. The van der Waals surface area contributed by atoms with E-state index in [1.807, 2.05) is 29.8 Å². The molecule has 0 aliphatic heterocycles. The zero-order chi connectivity index (χ0) is 11.4. The van der Waals surface area contributed by atoms with Crippen LogP contribution in [-0.2, 0) is 13.0 Å². The molecule has 0 bridgehead atoms. The first-order valence-electron chi connectivity index (χ1n) is 5.35. The van der Waals surface area contributed by atoms with Crippen molar-refractivity contribution in [3.63, 3.8) is 0 Å². The molecule has 0 atom stereocenters. The fourth-order valence-corrected chi connectivity index (χ4v) is 1.64. The van der Waals surface area contributed by atoms with Gasteiger partial charge in [0.05, 0.1) is 17.9 Å². The molecule has 0 aliphatic rings. The minimum absolute atomic E-state index is 0.116. The first kappa shape index (κ1) is 10.8. The molecule has 1 aromatic carbocycles. The van der Waals surface area contributed by atoms with E-state index in [1.165, 1.54) is 5.56 Å². The molecule has 84 valence electrons. The number of hydrogen-bond donors (Lipinski definition) is 1. The van der Waals surface area contributed by atoms with Crippen LogP contribution in [0, 0.1) is 6.92 Å². The monoisotopic (exact) mass is 217 g/mol. The van der Waals surface area contributed by atoms with Crippen molar-refractivity contribution in [1.29, 1.82) is 0 Å². The third-order valence-electron chi connectivity index (χ3n) is 2.60. The Hall–Kier alpha value is -1.68. The highest BCUT2D eigenvalue weighted by Gasteiger charge is 2.07. The van der Waals surface area contributed by atoms with Crippen molar-refractivity contribution in [2.24, 2.45) is 0 Å². The molecule has 0 saturated heterocycles. The minimum Gasteiger partial charge on any atom is -0.396 e. The van der Waals surface area contributed by atoms with Gasteiger partial charge in [-0.3, -0.25) is 0 Å². The van der Waals surface area contributed by atoms with Gasteiger partial charge in [-0.1, -0.05) is 35.5 Å². The molecule has 0 saturated carbocycles. The lowest BCUT2D eigenvalue weighted by molar-refractivity contribution is 0.298. The highest BCUT2D eigenvalue weighted by atomic mass is 16.3. The SMILES string of the molecule is Cc1c(CCO)nnn1Cc1ccccc1. The largest absolute Gasteiger partial charge is 0.396 e. The molecular formula is C12H15N3O. The lowest BCUT2D eigenvalue weighted by atomic mass is 10.2. The van der Waals surface area contributed by atoms with E-state index in [0.717, 1.165) is 17.9 Å². The summed E-state index contributed by atoms with van der Waals surface area (Å²) in [7, 11) is 0. The van der Waals surface area contributed by atoms with E-state index in [2.05, 4.69) is 22.4 Å². The standard InChI is InChI=1S/C12H15N3O/c1-10-12(7-8-16)13-14-15(10)9-11-5-3-2-4-6-11/h2-6,16H,7-9H2,1H3. The highest BCUT2D eigenvalue weighted by molar-refractivity contribution is 5.16. The Balaban J connectivity index is 2.16. The summed E-state index contributed by atoms with van der Waals surface area (Å²) in [6.45, 7) is 2.82. The Morgan fingerprint density at radius 1 is 1.25 bits per heavy atom. The van der Waals surface area contributed by atoms with Gasteiger partial charge in [-0.05, 0) is 12.5 Å². The van der Waals surface area contributed by atoms with E-state index < -0.39 is 0 Å². The van der Waals surface area contributed by atoms with Gasteiger partial charge >= 0.3 is 0 Å². The minimum atomic E-state index is 0.116. The van der Waals surface area contributed by atoms with Crippen molar-refractivity contribution in [2.45, 2.75) is 19.9 Å². The first-order valence-corrected chi connectivity index (χ1v) is 5.35. The van der Waals surface area contributed by atoms with E-state index in [1.54, 1.807) is 0 Å². The second kappa shape index (κ2) is 4.90. The van der Waals surface area contributed by atoms with Crippen molar-refractivity contribution in [1.82, 2.24) is 15.0 Å².